The van der Waals surface area contributed by atoms with Crippen LogP contribution in [-0.4, -0.2) is 24.0 Å². The normalized spacial score (nSPS) is 11.8. The van der Waals surface area contributed by atoms with Crippen LogP contribution in [0.15, 0.2) is 84.9 Å². The van der Waals surface area contributed by atoms with E-state index in [1.165, 1.54) is 5.56 Å². The van der Waals surface area contributed by atoms with Crippen molar-refractivity contribution in [2.45, 2.75) is 25.8 Å². The van der Waals surface area contributed by atoms with E-state index in [2.05, 4.69) is 24.4 Å². The number of aromatic nitrogens is 1. The van der Waals surface area contributed by atoms with Crippen LogP contribution in [0.2, 0.25) is 0 Å². The second-order valence-electron chi connectivity index (χ2n) is 7.70. The maximum atomic E-state index is 13.2. The molecular weight excluding hydrogens is 384 g/mol. The molecule has 0 fully saturated rings. The predicted octanol–water partition coefficient (Wildman–Crippen LogP) is 5.66. The van der Waals surface area contributed by atoms with Crippen LogP contribution in [0, 0.1) is 0 Å². The highest BCUT2D eigenvalue weighted by Crippen LogP contribution is 2.26. The Kier molecular flexibility index (Phi) is 6.27. The highest BCUT2D eigenvalue weighted by Gasteiger charge is 2.16. The number of hydrogen-bond donors (Lipinski definition) is 1. The van der Waals surface area contributed by atoms with E-state index in [4.69, 9.17) is 9.72 Å². The number of ether oxygens (including phenoxy) is 1. The number of hydrogen-bond acceptors (Lipinski definition) is 3. The predicted molar refractivity (Wildman–Crippen MR) is 125 cm³/mol. The van der Waals surface area contributed by atoms with Gasteiger partial charge in [-0.3, -0.25) is 4.79 Å². The molecule has 4 rings (SSSR count). The molecule has 0 spiro atoms. The van der Waals surface area contributed by atoms with Crippen molar-refractivity contribution in [1.29, 1.82) is 0 Å². The molecule has 4 heteroatoms. The van der Waals surface area contributed by atoms with Crippen molar-refractivity contribution in [3.63, 3.8) is 0 Å². The van der Waals surface area contributed by atoms with E-state index < -0.39 is 0 Å². The summed E-state index contributed by atoms with van der Waals surface area (Å²) in [5, 5.41) is 4.02. The quantitative estimate of drug-likeness (QED) is 0.428. The number of para-hydroxylation sites is 1. The van der Waals surface area contributed by atoms with Crippen LogP contribution in [0.1, 0.15) is 29.3 Å². The summed E-state index contributed by atoms with van der Waals surface area (Å²) in [7, 11) is 1.64. The van der Waals surface area contributed by atoms with E-state index in [1.54, 1.807) is 7.11 Å². The van der Waals surface area contributed by atoms with Crippen molar-refractivity contribution in [3.05, 3.63) is 96.1 Å². The lowest BCUT2D eigenvalue weighted by molar-refractivity contribution is 0.0940. The molecule has 1 amide bonds. The minimum absolute atomic E-state index is 0.0593. The van der Waals surface area contributed by atoms with Gasteiger partial charge >= 0.3 is 0 Å². The second kappa shape index (κ2) is 9.43. The number of fused-ring (bicyclic) bond motifs is 1. The zero-order chi connectivity index (χ0) is 21.6. The lowest BCUT2D eigenvalue weighted by Gasteiger charge is -2.16. The van der Waals surface area contributed by atoms with Gasteiger partial charge in [0.15, 0.2) is 0 Å². The Bertz CT molecular complexity index is 1170. The third kappa shape index (κ3) is 4.92. The largest absolute Gasteiger partial charge is 0.497 e. The molecule has 0 aliphatic carbocycles. The van der Waals surface area contributed by atoms with Crippen LogP contribution in [-0.2, 0) is 6.42 Å². The van der Waals surface area contributed by atoms with Gasteiger partial charge in [-0.1, -0.05) is 48.5 Å². The first-order chi connectivity index (χ1) is 15.1. The third-order valence-electron chi connectivity index (χ3n) is 5.43. The number of carbonyl (C=O) groups is 1. The second-order valence-corrected chi connectivity index (χ2v) is 7.70. The van der Waals surface area contributed by atoms with Crippen molar-refractivity contribution in [3.8, 4) is 17.0 Å². The van der Waals surface area contributed by atoms with Crippen molar-refractivity contribution in [2.24, 2.45) is 0 Å². The summed E-state index contributed by atoms with van der Waals surface area (Å²) in [6, 6.07) is 27.8. The molecule has 0 aliphatic rings. The maximum Gasteiger partial charge on any atom is 0.252 e. The topological polar surface area (TPSA) is 51.2 Å². The monoisotopic (exact) mass is 410 g/mol. The summed E-state index contributed by atoms with van der Waals surface area (Å²) in [5.41, 5.74) is 4.43. The highest BCUT2D eigenvalue weighted by atomic mass is 16.5. The summed E-state index contributed by atoms with van der Waals surface area (Å²) in [5.74, 6) is 0.712. The van der Waals surface area contributed by atoms with Gasteiger partial charge in [0, 0.05) is 17.0 Å². The number of rotatable bonds is 7. The lowest BCUT2D eigenvalue weighted by atomic mass is 10.0. The molecule has 31 heavy (non-hydrogen) atoms. The van der Waals surface area contributed by atoms with Gasteiger partial charge in [0.2, 0.25) is 0 Å². The Morgan fingerprint density at radius 3 is 2.42 bits per heavy atom. The van der Waals surface area contributed by atoms with E-state index >= 15 is 0 Å². The number of nitrogens with zero attached hydrogens (tertiary/aromatic N) is 1. The number of pyridine rings is 1. The Hall–Kier alpha value is -3.66. The smallest absolute Gasteiger partial charge is 0.252 e. The molecule has 1 heterocycles. The summed E-state index contributed by atoms with van der Waals surface area (Å²) in [4.78, 5) is 18.0. The highest BCUT2D eigenvalue weighted by molar-refractivity contribution is 6.07. The number of aryl methyl sites for hydroxylation is 1. The van der Waals surface area contributed by atoms with Crippen LogP contribution in [0.5, 0.6) is 5.75 Å². The molecule has 3 aromatic carbocycles. The zero-order valence-electron chi connectivity index (χ0n) is 17.8. The van der Waals surface area contributed by atoms with Crippen molar-refractivity contribution < 1.29 is 9.53 Å². The molecular formula is C27H26N2O2. The minimum Gasteiger partial charge on any atom is -0.497 e. The first kappa shape index (κ1) is 20.6. The first-order valence-electron chi connectivity index (χ1n) is 10.5. The molecule has 1 aromatic heterocycles. The summed E-state index contributed by atoms with van der Waals surface area (Å²) >= 11 is 0. The van der Waals surface area contributed by atoms with Crippen LogP contribution in [0.25, 0.3) is 22.2 Å². The fraction of sp³-hybridized carbons (Fsp3) is 0.185. The number of amides is 1. The summed E-state index contributed by atoms with van der Waals surface area (Å²) in [6.45, 7) is 2.05. The van der Waals surface area contributed by atoms with E-state index in [9.17, 15) is 4.79 Å². The number of methoxy groups -OCH3 is 1. The molecule has 1 atom stereocenters. The van der Waals surface area contributed by atoms with Crippen LogP contribution < -0.4 is 10.1 Å². The molecule has 156 valence electrons. The Labute approximate surface area is 182 Å². The summed E-state index contributed by atoms with van der Waals surface area (Å²) < 4.78 is 5.25. The standard InChI is InChI=1S/C27H26N2O2/c1-19(12-13-20-8-4-3-5-9-20)28-27(30)24-18-26(21-14-16-22(31-2)17-15-21)29-25-11-7-6-10-23(24)25/h3-11,14-19H,12-13H2,1-2H3,(H,28,30)/t19-/m1/s1. The van der Waals surface area contributed by atoms with E-state index in [0.29, 0.717) is 5.56 Å². The Balaban J connectivity index is 1.58. The number of nitrogens with one attached hydrogen (secondary N) is 1. The van der Waals surface area contributed by atoms with Gasteiger partial charge in [0.1, 0.15) is 5.75 Å². The average molecular weight is 411 g/mol. The van der Waals surface area contributed by atoms with Crippen molar-refractivity contribution in [1.82, 2.24) is 10.3 Å². The fourth-order valence-corrected chi connectivity index (χ4v) is 3.67. The molecule has 0 unspecified atom stereocenters. The van der Waals surface area contributed by atoms with Gasteiger partial charge in [0.25, 0.3) is 5.91 Å². The van der Waals surface area contributed by atoms with Gasteiger partial charge in [-0.2, -0.15) is 0 Å². The van der Waals surface area contributed by atoms with Gasteiger partial charge in [-0.25, -0.2) is 4.98 Å². The Morgan fingerprint density at radius 2 is 1.68 bits per heavy atom. The van der Waals surface area contributed by atoms with Crippen LogP contribution in [0.3, 0.4) is 0 Å². The van der Waals surface area contributed by atoms with E-state index in [-0.39, 0.29) is 11.9 Å². The lowest BCUT2D eigenvalue weighted by Crippen LogP contribution is -2.33. The summed E-state index contributed by atoms with van der Waals surface area (Å²) in [6.07, 6.45) is 1.81. The SMILES string of the molecule is COc1ccc(-c2cc(C(=O)N[C@H](C)CCc3ccccc3)c3ccccc3n2)cc1. The molecule has 0 aliphatic heterocycles. The average Bonchev–Trinajstić information content (AvgIpc) is 2.82. The molecule has 4 aromatic rings. The first-order valence-corrected chi connectivity index (χ1v) is 10.5. The maximum absolute atomic E-state index is 13.2. The van der Waals surface area contributed by atoms with Crippen molar-refractivity contribution >= 4 is 16.8 Å². The molecule has 1 N–H and O–H groups in total. The zero-order valence-corrected chi connectivity index (χ0v) is 17.8. The van der Waals surface area contributed by atoms with Gasteiger partial charge in [-0.05, 0) is 61.7 Å². The molecule has 0 bridgehead atoms. The molecule has 0 saturated carbocycles. The third-order valence-corrected chi connectivity index (χ3v) is 5.43. The van der Waals surface area contributed by atoms with Crippen molar-refractivity contribution in [2.75, 3.05) is 7.11 Å². The molecule has 0 saturated heterocycles. The van der Waals surface area contributed by atoms with Gasteiger partial charge in [0.05, 0.1) is 23.9 Å². The van der Waals surface area contributed by atoms with E-state index in [0.717, 1.165) is 40.8 Å². The Morgan fingerprint density at radius 1 is 0.968 bits per heavy atom. The minimum atomic E-state index is -0.0751. The molecule has 0 radical (unpaired) electrons. The fourth-order valence-electron chi connectivity index (χ4n) is 3.67. The van der Waals surface area contributed by atoms with E-state index in [1.807, 2.05) is 72.8 Å². The van der Waals surface area contributed by atoms with Crippen LogP contribution in [0.4, 0.5) is 0 Å². The number of benzene rings is 3. The molecule has 4 nitrogen and oxygen atoms in total. The van der Waals surface area contributed by atoms with Gasteiger partial charge in [-0.15, -0.1) is 0 Å². The van der Waals surface area contributed by atoms with Gasteiger partial charge < -0.3 is 10.1 Å². The van der Waals surface area contributed by atoms with Crippen LogP contribution >= 0.6 is 0 Å². The number of carbonyl (C=O) groups excluding carboxylic acids is 1.